The molecule has 0 aliphatic rings. The third-order valence-electron chi connectivity index (χ3n) is 3.45. The van der Waals surface area contributed by atoms with Gasteiger partial charge in [-0.3, -0.25) is 0 Å². The molecule has 6 nitrogen and oxygen atoms in total. The average molecular weight is 305 g/mol. The largest absolute Gasteiger partial charge is 0.306 e. The Balaban J connectivity index is 2.15. The van der Waals surface area contributed by atoms with Gasteiger partial charge in [0.05, 0.1) is 23.8 Å². The van der Waals surface area contributed by atoms with E-state index in [4.69, 9.17) is 11.6 Å². The Kier molecular flexibility index (Phi) is 3.63. The van der Waals surface area contributed by atoms with Crippen LogP contribution in [0.5, 0.6) is 0 Å². The topological polar surface area (TPSA) is 61.4 Å². The van der Waals surface area contributed by atoms with Crippen molar-refractivity contribution in [1.82, 2.24) is 29.3 Å². The van der Waals surface area contributed by atoms with Crippen LogP contribution in [-0.4, -0.2) is 29.3 Å². The van der Waals surface area contributed by atoms with Crippen LogP contribution in [0, 0.1) is 13.8 Å². The Morgan fingerprint density at radius 1 is 1.24 bits per heavy atom. The van der Waals surface area contributed by atoms with E-state index in [-0.39, 0.29) is 0 Å². The predicted octanol–water partition coefficient (Wildman–Crippen LogP) is 2.45. The minimum Gasteiger partial charge on any atom is -0.306 e. The molecule has 0 N–H and O–H groups in total. The van der Waals surface area contributed by atoms with Crippen LogP contribution in [0.25, 0.3) is 11.2 Å². The van der Waals surface area contributed by atoms with E-state index in [9.17, 15) is 0 Å². The van der Waals surface area contributed by atoms with E-state index in [0.29, 0.717) is 12.4 Å². The summed E-state index contributed by atoms with van der Waals surface area (Å²) in [5.74, 6) is 1.96. The lowest BCUT2D eigenvalue weighted by atomic mass is 10.3. The van der Waals surface area contributed by atoms with Crippen molar-refractivity contribution in [2.45, 2.75) is 39.7 Å². The van der Waals surface area contributed by atoms with Crippen molar-refractivity contribution in [2.75, 3.05) is 0 Å². The number of rotatable bonds is 4. The number of nitrogens with zero attached hydrogens (tertiary/aromatic N) is 6. The fourth-order valence-corrected chi connectivity index (χ4v) is 2.72. The molecule has 0 unspecified atom stereocenters. The number of hydrogen-bond acceptors (Lipinski definition) is 4. The molecule has 0 fully saturated rings. The minimum absolute atomic E-state index is 0.363. The summed E-state index contributed by atoms with van der Waals surface area (Å²) in [5.41, 5.74) is 3.78. The van der Waals surface area contributed by atoms with Crippen LogP contribution in [0.1, 0.15) is 30.0 Å². The van der Waals surface area contributed by atoms with Crippen LogP contribution in [0.4, 0.5) is 0 Å². The number of imidazole rings is 1. The fraction of sp³-hybridized carbons (Fsp3) is 0.429. The van der Waals surface area contributed by atoms with Crippen molar-refractivity contribution in [3.05, 3.63) is 35.3 Å². The molecule has 3 aromatic heterocycles. The Morgan fingerprint density at radius 3 is 2.71 bits per heavy atom. The average Bonchev–Trinajstić information content (AvgIpc) is 2.97. The second kappa shape index (κ2) is 5.44. The van der Waals surface area contributed by atoms with Gasteiger partial charge in [0, 0.05) is 12.7 Å². The zero-order chi connectivity index (χ0) is 15.0. The number of aryl methyl sites for hydroxylation is 3. The molecule has 3 aromatic rings. The Labute approximate surface area is 127 Å². The number of alkyl halides is 1. The molecule has 0 aliphatic carbocycles. The highest BCUT2D eigenvalue weighted by molar-refractivity contribution is 6.16. The van der Waals surface area contributed by atoms with E-state index in [1.807, 2.05) is 24.6 Å². The van der Waals surface area contributed by atoms with Crippen LogP contribution in [-0.2, 0) is 19.0 Å². The molecule has 3 heterocycles. The molecule has 0 atom stereocenters. The lowest BCUT2D eigenvalue weighted by Crippen LogP contribution is -2.10. The summed E-state index contributed by atoms with van der Waals surface area (Å²) in [5, 5.41) is 4.52. The third kappa shape index (κ3) is 2.40. The van der Waals surface area contributed by atoms with Gasteiger partial charge in [-0.05, 0) is 26.8 Å². The third-order valence-corrected chi connectivity index (χ3v) is 3.69. The van der Waals surface area contributed by atoms with E-state index in [2.05, 4.69) is 31.5 Å². The normalized spacial score (nSPS) is 11.4. The lowest BCUT2D eigenvalue weighted by molar-refractivity contribution is 0.635. The second-order valence-corrected chi connectivity index (χ2v) is 5.18. The Hall–Kier alpha value is -1.95. The predicted molar refractivity (Wildman–Crippen MR) is 81.4 cm³/mol. The summed E-state index contributed by atoms with van der Waals surface area (Å²) in [7, 11) is 0. The molecule has 0 bridgehead atoms. The molecule has 21 heavy (non-hydrogen) atoms. The van der Waals surface area contributed by atoms with E-state index in [1.54, 1.807) is 6.20 Å². The van der Waals surface area contributed by atoms with Crippen molar-refractivity contribution < 1.29 is 0 Å². The minimum atomic E-state index is 0.363. The maximum Gasteiger partial charge on any atom is 0.159 e. The maximum atomic E-state index is 6.06. The van der Waals surface area contributed by atoms with E-state index in [1.165, 1.54) is 0 Å². The first-order chi connectivity index (χ1) is 10.1. The quantitative estimate of drug-likeness (QED) is 0.695. The van der Waals surface area contributed by atoms with E-state index in [0.717, 1.165) is 40.7 Å². The first kappa shape index (κ1) is 14.0. The van der Waals surface area contributed by atoms with Crippen molar-refractivity contribution in [3.63, 3.8) is 0 Å². The van der Waals surface area contributed by atoms with Gasteiger partial charge in [0.15, 0.2) is 5.65 Å². The molecule has 0 aromatic carbocycles. The molecule has 0 spiro atoms. The summed E-state index contributed by atoms with van der Waals surface area (Å²) in [6.45, 7) is 7.33. The molecule has 0 amide bonds. The van der Waals surface area contributed by atoms with Crippen LogP contribution in [0.2, 0.25) is 0 Å². The molecule has 0 saturated carbocycles. The zero-order valence-electron chi connectivity index (χ0n) is 12.3. The molecular formula is C14H17ClN6. The number of fused-ring (bicyclic) bond motifs is 1. The van der Waals surface area contributed by atoms with Gasteiger partial charge >= 0.3 is 0 Å². The van der Waals surface area contributed by atoms with Crippen molar-refractivity contribution >= 4 is 22.8 Å². The summed E-state index contributed by atoms with van der Waals surface area (Å²) in [4.78, 5) is 13.2. The smallest absolute Gasteiger partial charge is 0.159 e. The monoisotopic (exact) mass is 304 g/mol. The fourth-order valence-electron chi connectivity index (χ4n) is 2.51. The Bertz CT molecular complexity index is 788. The zero-order valence-corrected chi connectivity index (χ0v) is 13.1. The molecule has 0 radical (unpaired) electrons. The van der Waals surface area contributed by atoms with Gasteiger partial charge in [-0.1, -0.05) is 0 Å². The van der Waals surface area contributed by atoms with Gasteiger partial charge in [-0.25, -0.2) is 19.6 Å². The van der Waals surface area contributed by atoms with Crippen molar-refractivity contribution in [3.8, 4) is 0 Å². The maximum absolute atomic E-state index is 6.06. The second-order valence-electron chi connectivity index (χ2n) is 4.92. The van der Waals surface area contributed by atoms with E-state index >= 15 is 0 Å². The molecule has 0 aliphatic heterocycles. The molecule has 7 heteroatoms. The molecular weight excluding hydrogens is 288 g/mol. The molecule has 0 saturated heterocycles. The van der Waals surface area contributed by atoms with Crippen molar-refractivity contribution in [2.24, 2.45) is 0 Å². The van der Waals surface area contributed by atoms with Gasteiger partial charge in [0.2, 0.25) is 0 Å². The lowest BCUT2D eigenvalue weighted by Gasteiger charge is -2.09. The van der Waals surface area contributed by atoms with Gasteiger partial charge in [-0.15, -0.1) is 11.6 Å². The molecule has 3 rings (SSSR count). The SMILES string of the molecule is CCn1nc(C)c2nc(CCl)n(Cc3ccnc(C)n3)c21. The number of halogens is 1. The number of aromatic nitrogens is 6. The van der Waals surface area contributed by atoms with Crippen LogP contribution in [0.15, 0.2) is 12.3 Å². The standard InChI is InChI=1S/C14H17ClN6/c1-4-21-14-13(9(2)19-21)18-12(7-15)20(14)8-11-5-6-16-10(3)17-11/h5-6H,4,7-8H2,1-3H3. The Morgan fingerprint density at radius 2 is 2.05 bits per heavy atom. The first-order valence-corrected chi connectivity index (χ1v) is 7.44. The summed E-state index contributed by atoms with van der Waals surface area (Å²) < 4.78 is 4.05. The van der Waals surface area contributed by atoms with Gasteiger partial charge in [0.1, 0.15) is 17.2 Å². The van der Waals surface area contributed by atoms with Crippen LogP contribution in [0.3, 0.4) is 0 Å². The first-order valence-electron chi connectivity index (χ1n) is 6.91. The molecule has 110 valence electrons. The van der Waals surface area contributed by atoms with Gasteiger partial charge < -0.3 is 4.57 Å². The summed E-state index contributed by atoms with van der Waals surface area (Å²) >= 11 is 6.06. The summed E-state index contributed by atoms with van der Waals surface area (Å²) in [6, 6.07) is 1.91. The van der Waals surface area contributed by atoms with Gasteiger partial charge in [-0.2, -0.15) is 5.10 Å². The van der Waals surface area contributed by atoms with Crippen LogP contribution >= 0.6 is 11.6 Å². The summed E-state index contributed by atoms with van der Waals surface area (Å²) in [6.07, 6.45) is 1.77. The number of hydrogen-bond donors (Lipinski definition) is 0. The van der Waals surface area contributed by atoms with Crippen molar-refractivity contribution in [1.29, 1.82) is 0 Å². The highest BCUT2D eigenvalue weighted by Gasteiger charge is 2.18. The highest BCUT2D eigenvalue weighted by Crippen LogP contribution is 2.21. The van der Waals surface area contributed by atoms with E-state index < -0.39 is 0 Å². The highest BCUT2D eigenvalue weighted by atomic mass is 35.5. The van der Waals surface area contributed by atoms with Crippen LogP contribution < -0.4 is 0 Å². The van der Waals surface area contributed by atoms with Gasteiger partial charge in [0.25, 0.3) is 0 Å².